The van der Waals surface area contributed by atoms with Crippen LogP contribution < -0.4 is 5.73 Å². The first kappa shape index (κ1) is 11.7. The number of rotatable bonds is 2. The van der Waals surface area contributed by atoms with Gasteiger partial charge in [-0.2, -0.15) is 0 Å². The molecule has 2 aromatic carbocycles. The number of aromatic nitrogens is 3. The molecule has 3 rings (SSSR count). The van der Waals surface area contributed by atoms with Crippen LogP contribution in [0, 0.1) is 0 Å². The van der Waals surface area contributed by atoms with Crippen molar-refractivity contribution < 1.29 is 0 Å². The summed E-state index contributed by atoms with van der Waals surface area (Å²) in [7, 11) is 0. The summed E-state index contributed by atoms with van der Waals surface area (Å²) < 4.78 is 1.91. The summed E-state index contributed by atoms with van der Waals surface area (Å²) in [6, 6.07) is 15.3. The monoisotopic (exact) mass is 270 g/mol. The van der Waals surface area contributed by atoms with E-state index in [0.29, 0.717) is 10.7 Å². The maximum absolute atomic E-state index is 5.93. The summed E-state index contributed by atoms with van der Waals surface area (Å²) >= 11 is 5.93. The highest BCUT2D eigenvalue weighted by Gasteiger charge is 2.09. The van der Waals surface area contributed by atoms with Crippen LogP contribution in [0.25, 0.3) is 17.1 Å². The van der Waals surface area contributed by atoms with Gasteiger partial charge in [-0.1, -0.05) is 29.8 Å². The first-order valence-corrected chi connectivity index (χ1v) is 6.14. The zero-order valence-electron chi connectivity index (χ0n) is 9.99. The van der Waals surface area contributed by atoms with Crippen LogP contribution in [0.4, 0.5) is 5.69 Å². The molecule has 0 unspecified atom stereocenters. The average molecular weight is 271 g/mol. The summed E-state index contributed by atoms with van der Waals surface area (Å²) in [4.78, 5) is 0. The minimum absolute atomic E-state index is 0.529. The van der Waals surface area contributed by atoms with Crippen molar-refractivity contribution in [2.45, 2.75) is 0 Å². The molecule has 5 heteroatoms. The normalized spacial score (nSPS) is 10.6. The Morgan fingerprint density at radius 3 is 2.58 bits per heavy atom. The van der Waals surface area contributed by atoms with Crippen LogP contribution in [0.3, 0.4) is 0 Å². The Balaban J connectivity index is 2.12. The van der Waals surface area contributed by atoms with Gasteiger partial charge in [0.25, 0.3) is 0 Å². The van der Waals surface area contributed by atoms with E-state index in [2.05, 4.69) is 10.2 Å². The molecule has 0 radical (unpaired) electrons. The number of anilines is 1. The second-order valence-corrected chi connectivity index (χ2v) is 4.50. The molecule has 1 aromatic heterocycles. The maximum atomic E-state index is 5.93. The van der Waals surface area contributed by atoms with Crippen molar-refractivity contribution in [1.82, 2.24) is 14.8 Å². The Hall–Kier alpha value is -2.33. The van der Waals surface area contributed by atoms with Gasteiger partial charge in [-0.25, -0.2) is 0 Å². The van der Waals surface area contributed by atoms with Gasteiger partial charge >= 0.3 is 0 Å². The Labute approximate surface area is 115 Å². The predicted molar refractivity (Wildman–Crippen MR) is 76.2 cm³/mol. The van der Waals surface area contributed by atoms with Crippen molar-refractivity contribution in [2.24, 2.45) is 0 Å². The van der Waals surface area contributed by atoms with Gasteiger partial charge in [0.2, 0.25) is 0 Å². The third kappa shape index (κ3) is 2.18. The van der Waals surface area contributed by atoms with Crippen LogP contribution >= 0.6 is 11.6 Å². The van der Waals surface area contributed by atoms with Crippen molar-refractivity contribution in [3.05, 3.63) is 59.9 Å². The van der Waals surface area contributed by atoms with E-state index in [-0.39, 0.29) is 0 Å². The van der Waals surface area contributed by atoms with Crippen LogP contribution in [-0.4, -0.2) is 14.8 Å². The fourth-order valence-corrected chi connectivity index (χ4v) is 2.01. The molecule has 0 aliphatic rings. The van der Waals surface area contributed by atoms with Gasteiger partial charge in [0.1, 0.15) is 6.33 Å². The largest absolute Gasteiger partial charge is 0.398 e. The van der Waals surface area contributed by atoms with E-state index in [0.717, 1.165) is 17.1 Å². The zero-order valence-corrected chi connectivity index (χ0v) is 10.7. The van der Waals surface area contributed by atoms with Gasteiger partial charge in [0.05, 0.1) is 10.7 Å². The van der Waals surface area contributed by atoms with Gasteiger partial charge in [0.15, 0.2) is 5.82 Å². The second kappa shape index (κ2) is 4.74. The third-order valence-electron chi connectivity index (χ3n) is 2.84. The molecule has 0 saturated carbocycles. The molecule has 0 aliphatic heterocycles. The number of nitrogens with two attached hydrogens (primary N) is 1. The zero-order chi connectivity index (χ0) is 13.2. The van der Waals surface area contributed by atoms with E-state index >= 15 is 0 Å². The molecule has 1 heterocycles. The third-order valence-corrected chi connectivity index (χ3v) is 3.18. The quantitative estimate of drug-likeness (QED) is 0.728. The van der Waals surface area contributed by atoms with E-state index < -0.39 is 0 Å². The Bertz CT molecular complexity index is 706. The topological polar surface area (TPSA) is 56.7 Å². The second-order valence-electron chi connectivity index (χ2n) is 4.10. The fourth-order valence-electron chi connectivity index (χ4n) is 1.89. The van der Waals surface area contributed by atoms with E-state index in [1.165, 1.54) is 0 Å². The van der Waals surface area contributed by atoms with Crippen molar-refractivity contribution in [3.63, 3.8) is 0 Å². The molecule has 0 saturated heterocycles. The molecule has 0 atom stereocenters. The molecular weight excluding hydrogens is 260 g/mol. The number of para-hydroxylation sites is 1. The average Bonchev–Trinajstić information content (AvgIpc) is 2.92. The smallest absolute Gasteiger partial charge is 0.168 e. The SMILES string of the molecule is Nc1cc(-c2nncn2-c2ccccc2)ccc1Cl. The molecule has 94 valence electrons. The molecule has 19 heavy (non-hydrogen) atoms. The highest BCUT2D eigenvalue weighted by molar-refractivity contribution is 6.33. The number of nitrogens with zero attached hydrogens (tertiary/aromatic N) is 3. The number of halogens is 1. The van der Waals surface area contributed by atoms with Crippen molar-refractivity contribution >= 4 is 17.3 Å². The van der Waals surface area contributed by atoms with Crippen LogP contribution in [-0.2, 0) is 0 Å². The lowest BCUT2D eigenvalue weighted by Crippen LogP contribution is -1.96. The standard InChI is InChI=1S/C14H11ClN4/c15-12-7-6-10(8-13(12)16)14-18-17-9-19(14)11-4-2-1-3-5-11/h1-9H,16H2. The molecule has 4 nitrogen and oxygen atoms in total. The summed E-state index contributed by atoms with van der Waals surface area (Å²) in [5, 5.41) is 8.65. The lowest BCUT2D eigenvalue weighted by atomic mass is 10.2. The molecule has 0 bridgehead atoms. The van der Waals surface area contributed by atoms with Crippen LogP contribution in [0.5, 0.6) is 0 Å². The lowest BCUT2D eigenvalue weighted by molar-refractivity contribution is 1.06. The Morgan fingerprint density at radius 1 is 1.05 bits per heavy atom. The van der Waals surface area contributed by atoms with E-state index in [1.807, 2.05) is 41.0 Å². The van der Waals surface area contributed by atoms with Gasteiger partial charge < -0.3 is 5.73 Å². The van der Waals surface area contributed by atoms with Crippen LogP contribution in [0.1, 0.15) is 0 Å². The molecule has 0 spiro atoms. The van der Waals surface area contributed by atoms with Crippen molar-refractivity contribution in [2.75, 3.05) is 5.73 Å². The highest BCUT2D eigenvalue weighted by Crippen LogP contribution is 2.26. The molecule has 3 aromatic rings. The summed E-state index contributed by atoms with van der Waals surface area (Å²) in [6.45, 7) is 0. The molecule has 0 aliphatic carbocycles. The Kier molecular flexibility index (Phi) is 2.93. The summed E-state index contributed by atoms with van der Waals surface area (Å²) in [5.74, 6) is 0.731. The predicted octanol–water partition coefficient (Wildman–Crippen LogP) is 3.17. The minimum atomic E-state index is 0.529. The summed E-state index contributed by atoms with van der Waals surface area (Å²) in [5.41, 5.74) is 8.23. The number of benzene rings is 2. The molecule has 0 amide bonds. The van der Waals surface area contributed by atoms with E-state index in [4.69, 9.17) is 17.3 Å². The highest BCUT2D eigenvalue weighted by atomic mass is 35.5. The maximum Gasteiger partial charge on any atom is 0.168 e. The Morgan fingerprint density at radius 2 is 1.84 bits per heavy atom. The van der Waals surface area contributed by atoms with Crippen molar-refractivity contribution in [3.8, 4) is 17.1 Å². The minimum Gasteiger partial charge on any atom is -0.398 e. The van der Waals surface area contributed by atoms with Gasteiger partial charge in [-0.05, 0) is 30.3 Å². The van der Waals surface area contributed by atoms with Gasteiger partial charge in [0, 0.05) is 11.3 Å². The first-order valence-electron chi connectivity index (χ1n) is 5.76. The first-order chi connectivity index (χ1) is 9.25. The molecule has 2 N–H and O–H groups in total. The van der Waals surface area contributed by atoms with E-state index in [1.54, 1.807) is 18.5 Å². The van der Waals surface area contributed by atoms with Crippen molar-refractivity contribution in [1.29, 1.82) is 0 Å². The molecular formula is C14H11ClN4. The van der Waals surface area contributed by atoms with E-state index in [9.17, 15) is 0 Å². The van der Waals surface area contributed by atoms with Crippen LogP contribution in [0.15, 0.2) is 54.9 Å². The van der Waals surface area contributed by atoms with Gasteiger partial charge in [-0.3, -0.25) is 4.57 Å². The summed E-state index contributed by atoms with van der Waals surface area (Å²) in [6.07, 6.45) is 1.68. The number of hydrogen-bond acceptors (Lipinski definition) is 3. The number of hydrogen-bond donors (Lipinski definition) is 1. The molecule has 0 fully saturated rings. The lowest BCUT2D eigenvalue weighted by Gasteiger charge is -2.07. The van der Waals surface area contributed by atoms with Gasteiger partial charge in [-0.15, -0.1) is 10.2 Å². The number of nitrogen functional groups attached to an aromatic ring is 1. The van der Waals surface area contributed by atoms with Crippen LogP contribution in [0.2, 0.25) is 5.02 Å². The fraction of sp³-hybridized carbons (Fsp3) is 0.